The molecule has 0 amide bonds. The van der Waals surface area contributed by atoms with Crippen molar-refractivity contribution in [1.82, 2.24) is 0 Å². The molecule has 1 saturated carbocycles. The SMILES string of the molecule is CC(C)(C)c1cc2c(cc1-c1ccccc1)=[C-]c1c(C3=CC=CC3)c(-c3ccccc3)c(C(C)(C)C)c(=C3CCCCCC3)c1=2.[Cl-].[Cl-].[Zr+3]. The normalized spacial score (nSPS) is 15.2. The van der Waals surface area contributed by atoms with Crippen LogP contribution in [0.2, 0.25) is 0 Å². The molecule has 0 unspecified atom stereocenters. The quantitative estimate of drug-likeness (QED) is 0.184. The maximum atomic E-state index is 4.11. The van der Waals surface area contributed by atoms with E-state index in [0.717, 1.165) is 6.42 Å². The van der Waals surface area contributed by atoms with Gasteiger partial charge in [0.2, 0.25) is 0 Å². The Kier molecular flexibility index (Phi) is 12.2. The molecule has 1 fully saturated rings. The number of halogens is 2. The minimum atomic E-state index is -0.0459. The van der Waals surface area contributed by atoms with Gasteiger partial charge in [-0.15, -0.1) is 33.4 Å². The molecule has 4 aromatic rings. The third kappa shape index (κ3) is 7.08. The number of hydrogen-bond acceptors (Lipinski definition) is 0. The zero-order chi connectivity index (χ0) is 31.3. The van der Waals surface area contributed by atoms with Gasteiger partial charge in [0.15, 0.2) is 0 Å². The second-order valence-electron chi connectivity index (χ2n) is 15.4. The monoisotopic (exact) mass is 747 g/mol. The second kappa shape index (κ2) is 15.2. The Hall–Kier alpha value is -2.44. The molecule has 245 valence electrons. The van der Waals surface area contributed by atoms with Gasteiger partial charge in [-0.05, 0) is 76.3 Å². The molecule has 0 heterocycles. The van der Waals surface area contributed by atoms with Gasteiger partial charge >= 0.3 is 26.2 Å². The number of rotatable bonds is 3. The Balaban J connectivity index is 0.00000173. The van der Waals surface area contributed by atoms with E-state index in [-0.39, 0.29) is 61.8 Å². The van der Waals surface area contributed by atoms with Crippen LogP contribution in [0.4, 0.5) is 0 Å². The average molecular weight is 750 g/mol. The van der Waals surface area contributed by atoms with Gasteiger partial charge in [-0.25, -0.2) is 0 Å². The van der Waals surface area contributed by atoms with Gasteiger partial charge in [-0.3, -0.25) is 0 Å². The average Bonchev–Trinajstić information content (AvgIpc) is 3.60. The van der Waals surface area contributed by atoms with Crippen molar-refractivity contribution in [2.75, 3.05) is 0 Å². The van der Waals surface area contributed by atoms with Crippen LogP contribution in [0.1, 0.15) is 109 Å². The van der Waals surface area contributed by atoms with Crippen molar-refractivity contribution in [2.45, 2.75) is 97.3 Å². The summed E-state index contributed by atoms with van der Waals surface area (Å²) in [6.45, 7) is 14.4. The number of fused-ring (bicyclic) bond motifs is 2. The van der Waals surface area contributed by atoms with E-state index in [9.17, 15) is 0 Å². The maximum Gasteiger partial charge on any atom is 3.00 e. The Morgan fingerprint density at radius 2 is 1.25 bits per heavy atom. The standard InChI is InChI=1S/C45H47.2ClH.Zr/c1-44(2,3)38-29-36-34(27-35(38)30-19-13-9-14-20-30)28-37-39(31-25-17-18-26-31)40(32-23-15-10-16-24-32)43(45(4,5)6)41(42(36)37)33-21-11-7-8-12-22-33;;;/h9-10,13-20,23-25,27,29H,7-8,11-12,21-22,26H2,1-6H3;2*1H;/q-1;;;+3/p-2. The van der Waals surface area contributed by atoms with Gasteiger partial charge in [0.25, 0.3) is 0 Å². The first-order valence-electron chi connectivity index (χ1n) is 17.2. The Morgan fingerprint density at radius 1 is 0.646 bits per heavy atom. The molecule has 0 bridgehead atoms. The molecule has 4 aromatic carbocycles. The zero-order valence-corrected chi connectivity index (χ0v) is 33.3. The first-order chi connectivity index (χ1) is 21.6. The number of hydrogen-bond donors (Lipinski definition) is 0. The summed E-state index contributed by atoms with van der Waals surface area (Å²) < 4.78 is 0. The van der Waals surface area contributed by atoms with Crippen LogP contribution in [0.25, 0.3) is 39.5 Å². The van der Waals surface area contributed by atoms with Crippen molar-refractivity contribution >= 4 is 17.2 Å². The van der Waals surface area contributed by atoms with E-state index in [1.165, 1.54) is 109 Å². The molecule has 0 nitrogen and oxygen atoms in total. The Bertz CT molecular complexity index is 2060. The molecule has 48 heavy (non-hydrogen) atoms. The van der Waals surface area contributed by atoms with Gasteiger partial charge in [0.05, 0.1) is 0 Å². The van der Waals surface area contributed by atoms with Crippen molar-refractivity contribution in [3.63, 3.8) is 0 Å². The molecule has 3 heteroatoms. The van der Waals surface area contributed by atoms with Gasteiger partial charge in [-0.1, -0.05) is 161 Å². The first-order valence-corrected chi connectivity index (χ1v) is 17.2. The zero-order valence-electron chi connectivity index (χ0n) is 29.4. The number of allylic oxidation sites excluding steroid dienone is 4. The van der Waals surface area contributed by atoms with Gasteiger partial charge in [0, 0.05) is 0 Å². The minimum Gasteiger partial charge on any atom is -1.00 e. The van der Waals surface area contributed by atoms with Crippen molar-refractivity contribution in [3.8, 4) is 22.3 Å². The molecule has 7 rings (SSSR count). The molecular formula is C45H47Cl2Zr. The van der Waals surface area contributed by atoms with Crippen molar-refractivity contribution in [3.05, 3.63) is 134 Å². The van der Waals surface area contributed by atoms with E-state index in [1.807, 2.05) is 0 Å². The smallest absolute Gasteiger partial charge is 1.00 e. The van der Waals surface area contributed by atoms with E-state index < -0.39 is 0 Å². The van der Waals surface area contributed by atoms with Crippen LogP contribution in [0, 0.1) is 10.4 Å². The molecule has 0 aliphatic heterocycles. The van der Waals surface area contributed by atoms with E-state index in [1.54, 1.807) is 5.57 Å². The third-order valence-electron chi connectivity index (χ3n) is 10.0. The predicted molar refractivity (Wildman–Crippen MR) is 193 cm³/mol. The number of benzene rings is 4. The fraction of sp³-hybridized carbons (Fsp3) is 0.333. The van der Waals surface area contributed by atoms with E-state index in [2.05, 4.69) is 139 Å². The Labute approximate surface area is 319 Å². The van der Waals surface area contributed by atoms with E-state index in [4.69, 9.17) is 0 Å². The van der Waals surface area contributed by atoms with Crippen LogP contribution in [0.15, 0.2) is 91.0 Å². The summed E-state index contributed by atoms with van der Waals surface area (Å²) in [5, 5.41) is 5.59. The fourth-order valence-corrected chi connectivity index (χ4v) is 8.02. The van der Waals surface area contributed by atoms with Gasteiger partial charge < -0.3 is 24.8 Å². The van der Waals surface area contributed by atoms with Crippen LogP contribution < -0.4 is 35.3 Å². The molecule has 1 radical (unpaired) electrons. The summed E-state index contributed by atoms with van der Waals surface area (Å²) in [7, 11) is 0. The molecule has 3 aliphatic carbocycles. The summed E-state index contributed by atoms with van der Waals surface area (Å²) in [6, 6.07) is 27.2. The van der Waals surface area contributed by atoms with Crippen LogP contribution in [0.3, 0.4) is 0 Å². The van der Waals surface area contributed by atoms with Crippen LogP contribution >= 0.6 is 0 Å². The van der Waals surface area contributed by atoms with Gasteiger partial charge in [-0.2, -0.15) is 0 Å². The van der Waals surface area contributed by atoms with Crippen LogP contribution in [-0.2, 0) is 37.0 Å². The minimum absolute atomic E-state index is 0. The second-order valence-corrected chi connectivity index (χ2v) is 15.4. The van der Waals surface area contributed by atoms with Crippen LogP contribution in [-0.4, -0.2) is 0 Å². The topological polar surface area (TPSA) is 0 Å². The molecule has 3 aliphatic rings. The van der Waals surface area contributed by atoms with E-state index >= 15 is 0 Å². The summed E-state index contributed by atoms with van der Waals surface area (Å²) in [6.07, 6.45) is 19.6. The molecule has 0 aromatic heterocycles. The molecule has 0 atom stereocenters. The van der Waals surface area contributed by atoms with Crippen LogP contribution in [0.5, 0.6) is 0 Å². The summed E-state index contributed by atoms with van der Waals surface area (Å²) in [4.78, 5) is 0. The van der Waals surface area contributed by atoms with E-state index in [0.29, 0.717) is 0 Å². The molecule has 0 N–H and O–H groups in total. The molecular weight excluding hydrogens is 703 g/mol. The Morgan fingerprint density at radius 3 is 1.79 bits per heavy atom. The third-order valence-corrected chi connectivity index (χ3v) is 10.0. The van der Waals surface area contributed by atoms with Crippen molar-refractivity contribution < 1.29 is 51.0 Å². The first kappa shape index (κ1) is 38.4. The summed E-state index contributed by atoms with van der Waals surface area (Å²) in [5.41, 5.74) is 14.0. The van der Waals surface area contributed by atoms with Gasteiger partial charge in [0.1, 0.15) is 0 Å². The van der Waals surface area contributed by atoms with Crippen molar-refractivity contribution in [1.29, 1.82) is 0 Å². The summed E-state index contributed by atoms with van der Waals surface area (Å²) in [5.74, 6) is 0. The fourth-order valence-electron chi connectivity index (χ4n) is 8.02. The van der Waals surface area contributed by atoms with Crippen molar-refractivity contribution in [2.24, 2.45) is 0 Å². The maximum absolute atomic E-state index is 4.11. The predicted octanol–water partition coefficient (Wildman–Crippen LogP) is 4.78. The molecule has 0 spiro atoms. The summed E-state index contributed by atoms with van der Waals surface area (Å²) >= 11 is 0. The largest absolute Gasteiger partial charge is 3.00 e. The molecule has 0 saturated heterocycles.